The topological polar surface area (TPSA) is 33.1 Å². The van der Waals surface area contributed by atoms with Gasteiger partial charge in [-0.25, -0.2) is 0 Å². The van der Waals surface area contributed by atoms with Gasteiger partial charge in [-0.15, -0.1) is 0 Å². The first-order valence-corrected chi connectivity index (χ1v) is 5.72. The van der Waals surface area contributed by atoms with Gasteiger partial charge >= 0.3 is 0 Å². The molecule has 0 saturated carbocycles. The summed E-state index contributed by atoms with van der Waals surface area (Å²) < 4.78 is 1.93. The molecule has 1 saturated heterocycles. The van der Waals surface area contributed by atoms with E-state index in [1.165, 1.54) is 16.6 Å². The maximum absolute atomic E-state index is 4.27. The molecule has 2 aromatic rings. The Morgan fingerprint density at radius 1 is 1.25 bits per heavy atom. The molecule has 4 nitrogen and oxygen atoms in total. The average Bonchev–Trinajstić information content (AvgIpc) is 2.72. The van der Waals surface area contributed by atoms with Crippen molar-refractivity contribution in [1.82, 2.24) is 15.1 Å². The second-order valence-electron chi connectivity index (χ2n) is 4.25. The number of aryl methyl sites for hydroxylation is 1. The van der Waals surface area contributed by atoms with Crippen LogP contribution in [0.4, 0.5) is 5.69 Å². The number of aromatic nitrogens is 2. The Balaban J connectivity index is 1.99. The molecule has 0 aliphatic carbocycles. The van der Waals surface area contributed by atoms with Gasteiger partial charge in [0.05, 0.1) is 11.7 Å². The Hall–Kier alpha value is -1.55. The smallest absolute Gasteiger partial charge is 0.0699 e. The van der Waals surface area contributed by atoms with Gasteiger partial charge in [0.25, 0.3) is 0 Å². The number of hydrogen-bond donors (Lipinski definition) is 1. The summed E-state index contributed by atoms with van der Waals surface area (Å²) >= 11 is 0. The predicted octanol–water partition coefficient (Wildman–Crippen LogP) is 0.983. The summed E-state index contributed by atoms with van der Waals surface area (Å²) in [7, 11) is 1.99. The van der Waals surface area contributed by atoms with Crippen molar-refractivity contribution in [2.24, 2.45) is 7.05 Å². The molecular weight excluding hydrogens is 200 g/mol. The summed E-state index contributed by atoms with van der Waals surface area (Å²) in [6.45, 7) is 4.32. The minimum Gasteiger partial charge on any atom is -0.369 e. The van der Waals surface area contributed by atoms with Crippen LogP contribution in [-0.2, 0) is 7.05 Å². The van der Waals surface area contributed by atoms with E-state index >= 15 is 0 Å². The van der Waals surface area contributed by atoms with Gasteiger partial charge in [-0.1, -0.05) is 0 Å². The van der Waals surface area contributed by atoms with Gasteiger partial charge in [-0.05, 0) is 18.2 Å². The largest absolute Gasteiger partial charge is 0.369 e. The van der Waals surface area contributed by atoms with Crippen LogP contribution < -0.4 is 10.2 Å². The molecule has 0 unspecified atom stereocenters. The molecule has 1 N–H and O–H groups in total. The molecule has 2 heterocycles. The fraction of sp³-hybridized carbons (Fsp3) is 0.417. The minimum absolute atomic E-state index is 1.07. The summed E-state index contributed by atoms with van der Waals surface area (Å²) in [6.07, 6.45) is 1.91. The highest BCUT2D eigenvalue weighted by atomic mass is 15.3. The number of piperazine rings is 1. The van der Waals surface area contributed by atoms with Gasteiger partial charge in [0.15, 0.2) is 0 Å². The molecule has 0 bridgehead atoms. The monoisotopic (exact) mass is 216 g/mol. The SMILES string of the molecule is Cn1ncc2ccc(N3CCNCC3)cc21. The lowest BCUT2D eigenvalue weighted by atomic mass is 10.2. The maximum atomic E-state index is 4.27. The second kappa shape index (κ2) is 3.79. The zero-order valence-corrected chi connectivity index (χ0v) is 9.48. The Morgan fingerprint density at radius 2 is 2.06 bits per heavy atom. The van der Waals surface area contributed by atoms with Crippen molar-refractivity contribution in [3.05, 3.63) is 24.4 Å². The van der Waals surface area contributed by atoms with Crippen LogP contribution in [-0.4, -0.2) is 36.0 Å². The molecule has 0 radical (unpaired) electrons. The van der Waals surface area contributed by atoms with Crippen molar-refractivity contribution in [3.63, 3.8) is 0 Å². The third kappa shape index (κ3) is 1.55. The highest BCUT2D eigenvalue weighted by Gasteiger charge is 2.11. The minimum atomic E-state index is 1.07. The van der Waals surface area contributed by atoms with Crippen molar-refractivity contribution in [3.8, 4) is 0 Å². The van der Waals surface area contributed by atoms with E-state index in [0.29, 0.717) is 0 Å². The van der Waals surface area contributed by atoms with Crippen LogP contribution in [0.2, 0.25) is 0 Å². The molecule has 0 spiro atoms. The summed E-state index contributed by atoms with van der Waals surface area (Å²) in [5.41, 5.74) is 2.51. The van der Waals surface area contributed by atoms with E-state index in [-0.39, 0.29) is 0 Å². The normalized spacial score (nSPS) is 16.9. The molecule has 1 fully saturated rings. The van der Waals surface area contributed by atoms with Crippen LogP contribution in [0.5, 0.6) is 0 Å². The first kappa shape index (κ1) is 9.66. The first-order chi connectivity index (χ1) is 7.84. The highest BCUT2D eigenvalue weighted by Crippen LogP contribution is 2.21. The fourth-order valence-electron chi connectivity index (χ4n) is 2.25. The molecule has 1 aliphatic rings. The van der Waals surface area contributed by atoms with Gasteiger partial charge in [0.1, 0.15) is 0 Å². The lowest BCUT2D eigenvalue weighted by Gasteiger charge is -2.29. The van der Waals surface area contributed by atoms with Gasteiger partial charge < -0.3 is 10.2 Å². The Bertz CT molecular complexity index is 497. The molecule has 4 heteroatoms. The van der Waals surface area contributed by atoms with Crippen molar-refractivity contribution in [2.75, 3.05) is 31.1 Å². The van der Waals surface area contributed by atoms with E-state index in [2.05, 4.69) is 33.5 Å². The average molecular weight is 216 g/mol. The second-order valence-corrected chi connectivity index (χ2v) is 4.25. The molecule has 1 aromatic heterocycles. The zero-order chi connectivity index (χ0) is 11.0. The van der Waals surface area contributed by atoms with Crippen molar-refractivity contribution in [1.29, 1.82) is 0 Å². The lowest BCUT2D eigenvalue weighted by molar-refractivity contribution is 0.589. The molecule has 84 valence electrons. The summed E-state index contributed by atoms with van der Waals surface area (Å²) in [5.74, 6) is 0. The number of benzene rings is 1. The Morgan fingerprint density at radius 3 is 2.88 bits per heavy atom. The van der Waals surface area contributed by atoms with Gasteiger partial charge in [0.2, 0.25) is 0 Å². The van der Waals surface area contributed by atoms with Crippen LogP contribution in [0, 0.1) is 0 Å². The standard InChI is InChI=1S/C12H16N4/c1-15-12-8-11(3-2-10(12)9-14-15)16-6-4-13-5-7-16/h2-3,8-9,13H,4-7H2,1H3. The van der Waals surface area contributed by atoms with Crippen molar-refractivity contribution < 1.29 is 0 Å². The molecule has 0 amide bonds. The van der Waals surface area contributed by atoms with Crippen LogP contribution in [0.3, 0.4) is 0 Å². The molecule has 0 atom stereocenters. The molecule has 16 heavy (non-hydrogen) atoms. The van der Waals surface area contributed by atoms with Crippen LogP contribution in [0.15, 0.2) is 24.4 Å². The van der Waals surface area contributed by atoms with Gasteiger partial charge in [-0.2, -0.15) is 5.10 Å². The van der Waals surface area contributed by atoms with Crippen LogP contribution >= 0.6 is 0 Å². The number of fused-ring (bicyclic) bond motifs is 1. The summed E-state index contributed by atoms with van der Waals surface area (Å²) in [4.78, 5) is 2.42. The predicted molar refractivity (Wildman–Crippen MR) is 65.8 cm³/mol. The number of rotatable bonds is 1. The van der Waals surface area contributed by atoms with E-state index in [1.54, 1.807) is 0 Å². The Kier molecular flexibility index (Phi) is 2.29. The van der Waals surface area contributed by atoms with E-state index in [0.717, 1.165) is 26.2 Å². The van der Waals surface area contributed by atoms with E-state index < -0.39 is 0 Å². The third-order valence-electron chi connectivity index (χ3n) is 3.21. The van der Waals surface area contributed by atoms with Gasteiger partial charge in [-0.3, -0.25) is 4.68 Å². The summed E-state index contributed by atoms with van der Waals surface area (Å²) in [5, 5.41) is 8.85. The zero-order valence-electron chi connectivity index (χ0n) is 9.48. The highest BCUT2D eigenvalue weighted by molar-refractivity contribution is 5.82. The van der Waals surface area contributed by atoms with Crippen molar-refractivity contribution >= 4 is 16.6 Å². The van der Waals surface area contributed by atoms with Crippen LogP contribution in [0.25, 0.3) is 10.9 Å². The Labute approximate surface area is 94.8 Å². The molecule has 3 rings (SSSR count). The summed E-state index contributed by atoms with van der Waals surface area (Å²) in [6, 6.07) is 6.57. The van der Waals surface area contributed by atoms with Gasteiger partial charge in [0, 0.05) is 44.3 Å². The lowest BCUT2D eigenvalue weighted by Crippen LogP contribution is -2.43. The van der Waals surface area contributed by atoms with Crippen LogP contribution in [0.1, 0.15) is 0 Å². The third-order valence-corrected chi connectivity index (χ3v) is 3.21. The number of nitrogens with zero attached hydrogens (tertiary/aromatic N) is 3. The number of hydrogen-bond acceptors (Lipinski definition) is 3. The fourth-order valence-corrected chi connectivity index (χ4v) is 2.25. The van der Waals surface area contributed by atoms with E-state index in [4.69, 9.17) is 0 Å². The molecular formula is C12H16N4. The molecule has 1 aromatic carbocycles. The number of nitrogens with one attached hydrogen (secondary N) is 1. The first-order valence-electron chi connectivity index (χ1n) is 5.72. The quantitative estimate of drug-likeness (QED) is 0.771. The molecule has 1 aliphatic heterocycles. The maximum Gasteiger partial charge on any atom is 0.0699 e. The van der Waals surface area contributed by atoms with E-state index in [1.807, 2.05) is 17.9 Å². The number of anilines is 1. The van der Waals surface area contributed by atoms with Crippen molar-refractivity contribution in [2.45, 2.75) is 0 Å². The van der Waals surface area contributed by atoms with E-state index in [9.17, 15) is 0 Å².